The Hall–Kier alpha value is -2.53. The van der Waals surface area contributed by atoms with E-state index in [1.807, 2.05) is 29.2 Å². The number of unbranched alkanes of at least 4 members (excludes halogenated alkanes) is 2. The zero-order chi connectivity index (χ0) is 19.3. The maximum atomic E-state index is 13.9. The lowest BCUT2D eigenvalue weighted by Gasteiger charge is -2.25. The Morgan fingerprint density at radius 3 is 2.71 bits per heavy atom. The van der Waals surface area contributed by atoms with E-state index in [-0.39, 0.29) is 18.8 Å². The summed E-state index contributed by atoms with van der Waals surface area (Å²) in [6.45, 7) is 3.15. The van der Waals surface area contributed by atoms with Crippen LogP contribution in [0.25, 0.3) is 0 Å². The number of nitrogens with zero attached hydrogens (tertiary/aromatic N) is 1. The summed E-state index contributed by atoms with van der Waals surface area (Å²) in [6, 6.07) is 12.2. The van der Waals surface area contributed by atoms with Gasteiger partial charge in [-0.25, -0.2) is 0 Å². The van der Waals surface area contributed by atoms with Crippen molar-refractivity contribution in [3.63, 3.8) is 0 Å². The molecule has 0 bridgehead atoms. The van der Waals surface area contributed by atoms with E-state index in [2.05, 4.69) is 19.1 Å². The molecule has 3 aliphatic rings. The predicted molar refractivity (Wildman–Crippen MR) is 106 cm³/mol. The van der Waals surface area contributed by atoms with Gasteiger partial charge in [0.2, 0.25) is 12.7 Å². The van der Waals surface area contributed by atoms with E-state index in [1.165, 1.54) is 0 Å². The van der Waals surface area contributed by atoms with Gasteiger partial charge in [-0.1, -0.05) is 38.0 Å². The molecule has 5 rings (SSSR count). The van der Waals surface area contributed by atoms with Crippen LogP contribution >= 0.6 is 0 Å². The Morgan fingerprint density at radius 1 is 1.14 bits per heavy atom. The van der Waals surface area contributed by atoms with Crippen LogP contribution in [0.2, 0.25) is 0 Å². The summed E-state index contributed by atoms with van der Waals surface area (Å²) >= 11 is 0. The van der Waals surface area contributed by atoms with E-state index in [0.717, 1.165) is 53.9 Å². The van der Waals surface area contributed by atoms with E-state index in [1.54, 1.807) is 7.11 Å². The van der Waals surface area contributed by atoms with E-state index in [9.17, 15) is 4.79 Å². The van der Waals surface area contributed by atoms with Crippen LogP contribution in [0.5, 0.6) is 11.5 Å². The second-order valence-corrected chi connectivity index (χ2v) is 7.81. The SMILES string of the molecule is CCCCCN1C(=O)C2(CC(OC)c3cc4c(cc32)OCO4)c2ccccc21. The summed E-state index contributed by atoms with van der Waals surface area (Å²) in [5.74, 6) is 1.60. The molecule has 5 nitrogen and oxygen atoms in total. The normalized spacial score (nSPS) is 24.1. The Bertz CT molecular complexity index is 940. The monoisotopic (exact) mass is 379 g/mol. The van der Waals surface area contributed by atoms with E-state index < -0.39 is 5.41 Å². The number of anilines is 1. The summed E-state index contributed by atoms with van der Waals surface area (Å²) in [5, 5.41) is 0. The van der Waals surface area contributed by atoms with Gasteiger partial charge in [-0.05, 0) is 41.3 Å². The molecular weight excluding hydrogens is 354 g/mol. The predicted octanol–water partition coefficient (Wildman–Crippen LogP) is 4.33. The molecule has 2 aromatic rings. The first-order chi connectivity index (χ1) is 13.7. The molecule has 1 amide bonds. The van der Waals surface area contributed by atoms with Gasteiger partial charge in [0, 0.05) is 25.8 Å². The topological polar surface area (TPSA) is 48.0 Å². The molecule has 5 heteroatoms. The van der Waals surface area contributed by atoms with Crippen LogP contribution in [-0.2, 0) is 14.9 Å². The maximum Gasteiger partial charge on any atom is 0.242 e. The maximum absolute atomic E-state index is 13.9. The van der Waals surface area contributed by atoms with E-state index in [0.29, 0.717) is 12.2 Å². The average Bonchev–Trinajstić information content (AvgIpc) is 3.37. The third kappa shape index (κ3) is 2.26. The molecule has 0 radical (unpaired) electrons. The van der Waals surface area contributed by atoms with Crippen molar-refractivity contribution < 1.29 is 19.0 Å². The van der Waals surface area contributed by atoms with Crippen LogP contribution in [0.3, 0.4) is 0 Å². The first-order valence-electron chi connectivity index (χ1n) is 10.1. The largest absolute Gasteiger partial charge is 0.454 e. The highest BCUT2D eigenvalue weighted by molar-refractivity contribution is 6.11. The zero-order valence-electron chi connectivity index (χ0n) is 16.4. The van der Waals surface area contributed by atoms with Crippen LogP contribution in [0.15, 0.2) is 36.4 Å². The minimum atomic E-state index is -0.709. The number of hydrogen-bond donors (Lipinski definition) is 0. The van der Waals surface area contributed by atoms with Crippen molar-refractivity contribution in [1.29, 1.82) is 0 Å². The highest BCUT2D eigenvalue weighted by Crippen LogP contribution is 2.59. The number of methoxy groups -OCH3 is 1. The molecule has 2 aliphatic heterocycles. The lowest BCUT2D eigenvalue weighted by atomic mass is 9.76. The Labute approximate surface area is 165 Å². The number of carbonyl (C=O) groups is 1. The molecule has 2 atom stereocenters. The summed E-state index contributed by atoms with van der Waals surface area (Å²) in [6.07, 6.45) is 3.73. The van der Waals surface area contributed by atoms with E-state index in [4.69, 9.17) is 14.2 Å². The minimum absolute atomic E-state index is 0.142. The fraction of sp³-hybridized carbons (Fsp3) is 0.435. The lowest BCUT2D eigenvalue weighted by molar-refractivity contribution is -0.122. The van der Waals surface area contributed by atoms with Gasteiger partial charge < -0.3 is 19.1 Å². The number of hydrogen-bond acceptors (Lipinski definition) is 4. The lowest BCUT2D eigenvalue weighted by Crippen LogP contribution is -2.40. The number of amides is 1. The van der Waals surface area contributed by atoms with Crippen molar-refractivity contribution >= 4 is 11.6 Å². The molecular formula is C23H25NO4. The first-order valence-corrected chi connectivity index (χ1v) is 10.1. The number of benzene rings is 2. The molecule has 1 spiro atoms. The average molecular weight is 379 g/mol. The van der Waals surface area contributed by atoms with Crippen LogP contribution in [0.4, 0.5) is 5.69 Å². The summed E-state index contributed by atoms with van der Waals surface area (Å²) in [7, 11) is 1.71. The smallest absolute Gasteiger partial charge is 0.242 e. The number of fused-ring (bicyclic) bond motifs is 5. The third-order valence-corrected chi connectivity index (χ3v) is 6.38. The number of carbonyl (C=O) groups excluding carboxylic acids is 1. The molecule has 28 heavy (non-hydrogen) atoms. The van der Waals surface area contributed by atoms with Crippen molar-refractivity contribution in [2.75, 3.05) is 25.3 Å². The summed E-state index contributed by atoms with van der Waals surface area (Å²) < 4.78 is 17.0. The molecule has 0 N–H and O–H groups in total. The van der Waals surface area contributed by atoms with Crippen LogP contribution in [0.1, 0.15) is 55.4 Å². The van der Waals surface area contributed by atoms with Crippen LogP contribution in [-0.4, -0.2) is 26.4 Å². The fourth-order valence-electron chi connectivity index (χ4n) is 5.03. The number of rotatable bonds is 5. The molecule has 0 aromatic heterocycles. The molecule has 2 unspecified atom stereocenters. The second-order valence-electron chi connectivity index (χ2n) is 7.81. The molecule has 0 saturated heterocycles. The van der Waals surface area contributed by atoms with Gasteiger partial charge in [-0.3, -0.25) is 4.79 Å². The summed E-state index contributed by atoms with van der Waals surface area (Å²) in [4.78, 5) is 15.9. The standard InChI is InChI=1S/C23H25NO4/c1-3-4-7-10-24-18-9-6-5-8-16(18)23(22(24)25)13-21(26-2)15-11-19-20(12-17(15)23)28-14-27-19/h5-6,8-9,11-12,21H,3-4,7,10,13-14H2,1-2H3. The molecule has 0 saturated carbocycles. The molecule has 146 valence electrons. The second kappa shape index (κ2) is 6.52. The third-order valence-electron chi connectivity index (χ3n) is 6.38. The highest BCUT2D eigenvalue weighted by Gasteiger charge is 2.58. The van der Waals surface area contributed by atoms with Gasteiger partial charge in [-0.2, -0.15) is 0 Å². The number of ether oxygens (including phenoxy) is 3. The molecule has 1 aliphatic carbocycles. The molecule has 2 heterocycles. The van der Waals surface area contributed by atoms with Gasteiger partial charge in [0.05, 0.1) is 6.10 Å². The van der Waals surface area contributed by atoms with Gasteiger partial charge in [0.15, 0.2) is 11.5 Å². The van der Waals surface area contributed by atoms with Gasteiger partial charge in [0.25, 0.3) is 0 Å². The van der Waals surface area contributed by atoms with Crippen molar-refractivity contribution in [2.24, 2.45) is 0 Å². The molecule has 2 aromatic carbocycles. The van der Waals surface area contributed by atoms with Crippen molar-refractivity contribution in [2.45, 2.75) is 44.1 Å². The van der Waals surface area contributed by atoms with E-state index >= 15 is 0 Å². The fourth-order valence-corrected chi connectivity index (χ4v) is 5.03. The quantitative estimate of drug-likeness (QED) is 0.726. The van der Waals surface area contributed by atoms with Gasteiger partial charge in [0.1, 0.15) is 5.41 Å². The highest BCUT2D eigenvalue weighted by atomic mass is 16.7. The molecule has 0 fully saturated rings. The van der Waals surface area contributed by atoms with Crippen LogP contribution in [0, 0.1) is 0 Å². The Kier molecular flexibility index (Phi) is 4.09. The number of para-hydroxylation sites is 1. The van der Waals surface area contributed by atoms with Crippen molar-refractivity contribution in [3.8, 4) is 11.5 Å². The van der Waals surface area contributed by atoms with Gasteiger partial charge >= 0.3 is 0 Å². The first kappa shape index (κ1) is 17.6. The minimum Gasteiger partial charge on any atom is -0.454 e. The van der Waals surface area contributed by atoms with Crippen molar-refractivity contribution in [3.05, 3.63) is 53.1 Å². The van der Waals surface area contributed by atoms with Crippen LogP contribution < -0.4 is 14.4 Å². The Morgan fingerprint density at radius 2 is 1.93 bits per heavy atom. The summed E-state index contributed by atoms with van der Waals surface area (Å²) in [5.41, 5.74) is 3.43. The Balaban J connectivity index is 1.67. The zero-order valence-corrected chi connectivity index (χ0v) is 16.4. The van der Waals surface area contributed by atoms with Gasteiger partial charge in [-0.15, -0.1) is 0 Å². The van der Waals surface area contributed by atoms with Crippen molar-refractivity contribution in [1.82, 2.24) is 0 Å².